The molecule has 5 heteroatoms. The van der Waals surface area contributed by atoms with Crippen LogP contribution in [-0.2, 0) is 4.74 Å². The Morgan fingerprint density at radius 1 is 1.60 bits per heavy atom. The quantitative estimate of drug-likeness (QED) is 0.806. The average Bonchev–Trinajstić information content (AvgIpc) is 2.16. The molecule has 1 unspecified atom stereocenters. The van der Waals surface area contributed by atoms with Crippen molar-refractivity contribution >= 4 is 11.9 Å². The Bertz CT molecular complexity index is 379. The molecule has 0 spiro atoms. The number of aromatic nitrogens is 2. The van der Waals surface area contributed by atoms with Gasteiger partial charge in [-0.3, -0.25) is 5.32 Å². The number of ether oxygens (including phenoxy) is 1. The number of cyclic esters (lactones) is 1. The standard InChI is InChI=1S/C10H13N3O2/c1-6(2)3-8-7-4-11-5-12-9(7)13-10(14)15-8/h4-6,8H,3H2,1-2H3,(H,11,12,13,14). The third-order valence-corrected chi connectivity index (χ3v) is 2.24. The monoisotopic (exact) mass is 207 g/mol. The molecule has 1 amide bonds. The summed E-state index contributed by atoms with van der Waals surface area (Å²) < 4.78 is 5.19. The first-order chi connectivity index (χ1) is 7.16. The van der Waals surface area contributed by atoms with Crippen LogP contribution in [-0.4, -0.2) is 16.1 Å². The SMILES string of the molecule is CC(C)CC1OC(=O)Nc2ncncc21. The van der Waals surface area contributed by atoms with E-state index in [2.05, 4.69) is 29.1 Å². The van der Waals surface area contributed by atoms with E-state index in [1.165, 1.54) is 6.33 Å². The summed E-state index contributed by atoms with van der Waals surface area (Å²) in [5.41, 5.74) is 0.853. The number of carbonyl (C=O) groups excluding carboxylic acids is 1. The number of nitrogens with one attached hydrogen (secondary N) is 1. The van der Waals surface area contributed by atoms with Crippen LogP contribution < -0.4 is 5.32 Å². The second kappa shape index (κ2) is 3.84. The van der Waals surface area contributed by atoms with Gasteiger partial charge in [-0.05, 0) is 12.3 Å². The number of hydrogen-bond donors (Lipinski definition) is 1. The first-order valence-corrected chi connectivity index (χ1v) is 4.94. The van der Waals surface area contributed by atoms with Gasteiger partial charge in [0.2, 0.25) is 0 Å². The van der Waals surface area contributed by atoms with Crippen LogP contribution in [0.15, 0.2) is 12.5 Å². The molecule has 1 aliphatic heterocycles. The number of carbonyl (C=O) groups is 1. The lowest BCUT2D eigenvalue weighted by molar-refractivity contribution is 0.0922. The van der Waals surface area contributed by atoms with Crippen molar-refractivity contribution in [3.05, 3.63) is 18.1 Å². The molecular formula is C10H13N3O2. The van der Waals surface area contributed by atoms with Crippen LogP contribution in [0.25, 0.3) is 0 Å². The third-order valence-electron chi connectivity index (χ3n) is 2.24. The number of amides is 1. The smallest absolute Gasteiger partial charge is 0.413 e. The molecule has 1 N–H and O–H groups in total. The van der Waals surface area contributed by atoms with Crippen molar-refractivity contribution in [1.82, 2.24) is 9.97 Å². The van der Waals surface area contributed by atoms with E-state index in [9.17, 15) is 4.79 Å². The van der Waals surface area contributed by atoms with E-state index in [-0.39, 0.29) is 6.10 Å². The zero-order valence-corrected chi connectivity index (χ0v) is 8.73. The van der Waals surface area contributed by atoms with Gasteiger partial charge in [-0.15, -0.1) is 0 Å². The largest absolute Gasteiger partial charge is 0.441 e. The van der Waals surface area contributed by atoms with Gasteiger partial charge in [0.25, 0.3) is 0 Å². The summed E-state index contributed by atoms with van der Waals surface area (Å²) in [7, 11) is 0. The molecule has 0 bridgehead atoms. The lowest BCUT2D eigenvalue weighted by atomic mass is 10.0. The summed E-state index contributed by atoms with van der Waals surface area (Å²) >= 11 is 0. The molecule has 0 saturated carbocycles. The van der Waals surface area contributed by atoms with Crippen molar-refractivity contribution in [2.75, 3.05) is 5.32 Å². The zero-order chi connectivity index (χ0) is 10.8. The Morgan fingerprint density at radius 3 is 3.13 bits per heavy atom. The maximum Gasteiger partial charge on any atom is 0.413 e. The fourth-order valence-electron chi connectivity index (χ4n) is 1.60. The van der Waals surface area contributed by atoms with Gasteiger partial charge in [0, 0.05) is 6.20 Å². The van der Waals surface area contributed by atoms with Gasteiger partial charge in [-0.25, -0.2) is 14.8 Å². The molecule has 2 heterocycles. The van der Waals surface area contributed by atoms with Crippen molar-refractivity contribution in [1.29, 1.82) is 0 Å². The Labute approximate surface area is 87.9 Å². The minimum Gasteiger partial charge on any atom is -0.441 e. The highest BCUT2D eigenvalue weighted by molar-refractivity contribution is 5.86. The summed E-state index contributed by atoms with van der Waals surface area (Å²) in [4.78, 5) is 19.2. The van der Waals surface area contributed by atoms with Crippen molar-refractivity contribution in [2.45, 2.75) is 26.4 Å². The molecule has 1 aliphatic rings. The highest BCUT2D eigenvalue weighted by Crippen LogP contribution is 2.32. The average molecular weight is 207 g/mol. The van der Waals surface area contributed by atoms with Gasteiger partial charge in [-0.2, -0.15) is 0 Å². The summed E-state index contributed by atoms with van der Waals surface area (Å²) in [5, 5.41) is 2.55. The number of nitrogens with zero attached hydrogens (tertiary/aromatic N) is 2. The molecule has 0 aliphatic carbocycles. The minimum absolute atomic E-state index is 0.227. The molecule has 0 saturated heterocycles. The van der Waals surface area contributed by atoms with Gasteiger partial charge in [-0.1, -0.05) is 13.8 Å². The Hall–Kier alpha value is -1.65. The van der Waals surface area contributed by atoms with E-state index in [1.54, 1.807) is 6.20 Å². The van der Waals surface area contributed by atoms with Crippen LogP contribution in [0.1, 0.15) is 31.9 Å². The summed E-state index contributed by atoms with van der Waals surface area (Å²) in [5.74, 6) is 1.01. The number of rotatable bonds is 2. The zero-order valence-electron chi connectivity index (χ0n) is 8.73. The van der Waals surface area contributed by atoms with E-state index in [1.807, 2.05) is 0 Å². The maximum absolute atomic E-state index is 11.2. The lowest BCUT2D eigenvalue weighted by Gasteiger charge is -2.25. The third kappa shape index (κ3) is 2.06. The minimum atomic E-state index is -0.438. The predicted octanol–water partition coefficient (Wildman–Crippen LogP) is 2.13. The van der Waals surface area contributed by atoms with Gasteiger partial charge in [0.15, 0.2) is 0 Å². The molecule has 0 aromatic carbocycles. The van der Waals surface area contributed by atoms with Crippen molar-refractivity contribution < 1.29 is 9.53 Å². The fourth-order valence-corrected chi connectivity index (χ4v) is 1.60. The summed E-state index contributed by atoms with van der Waals surface area (Å²) in [6.45, 7) is 4.17. The fraction of sp³-hybridized carbons (Fsp3) is 0.500. The topological polar surface area (TPSA) is 64.1 Å². The van der Waals surface area contributed by atoms with Crippen LogP contribution in [0.2, 0.25) is 0 Å². The molecule has 1 aromatic rings. The number of anilines is 1. The lowest BCUT2D eigenvalue weighted by Crippen LogP contribution is -2.26. The van der Waals surface area contributed by atoms with E-state index < -0.39 is 6.09 Å². The molecule has 15 heavy (non-hydrogen) atoms. The van der Waals surface area contributed by atoms with Gasteiger partial charge in [0.1, 0.15) is 18.2 Å². The number of hydrogen-bond acceptors (Lipinski definition) is 4. The van der Waals surface area contributed by atoms with E-state index in [4.69, 9.17) is 4.74 Å². The summed E-state index contributed by atoms with van der Waals surface area (Å²) in [6.07, 6.45) is 3.22. The van der Waals surface area contributed by atoms with Crippen molar-refractivity contribution in [3.63, 3.8) is 0 Å². The van der Waals surface area contributed by atoms with E-state index in [0.717, 1.165) is 12.0 Å². The van der Waals surface area contributed by atoms with Crippen LogP contribution >= 0.6 is 0 Å². The first kappa shape index (κ1) is 9.89. The highest BCUT2D eigenvalue weighted by atomic mass is 16.6. The van der Waals surface area contributed by atoms with Crippen LogP contribution in [0.3, 0.4) is 0 Å². The Morgan fingerprint density at radius 2 is 2.40 bits per heavy atom. The molecule has 0 fully saturated rings. The predicted molar refractivity (Wildman–Crippen MR) is 54.3 cm³/mol. The van der Waals surface area contributed by atoms with Crippen LogP contribution in [0.5, 0.6) is 0 Å². The van der Waals surface area contributed by atoms with Gasteiger partial charge < -0.3 is 4.74 Å². The number of fused-ring (bicyclic) bond motifs is 1. The highest BCUT2D eigenvalue weighted by Gasteiger charge is 2.27. The molecule has 2 rings (SSSR count). The molecule has 5 nitrogen and oxygen atoms in total. The van der Waals surface area contributed by atoms with Crippen LogP contribution in [0.4, 0.5) is 10.6 Å². The van der Waals surface area contributed by atoms with Gasteiger partial charge >= 0.3 is 6.09 Å². The molecule has 1 aromatic heterocycles. The normalized spacial score (nSPS) is 19.4. The van der Waals surface area contributed by atoms with Crippen molar-refractivity contribution in [3.8, 4) is 0 Å². The van der Waals surface area contributed by atoms with E-state index in [0.29, 0.717) is 11.7 Å². The van der Waals surface area contributed by atoms with Crippen molar-refractivity contribution in [2.24, 2.45) is 5.92 Å². The van der Waals surface area contributed by atoms with E-state index >= 15 is 0 Å². The Kier molecular flexibility index (Phi) is 2.53. The summed E-state index contributed by atoms with van der Waals surface area (Å²) in [6, 6.07) is 0. The van der Waals surface area contributed by atoms with Gasteiger partial charge in [0.05, 0.1) is 5.56 Å². The molecule has 1 atom stereocenters. The van der Waals surface area contributed by atoms with Crippen LogP contribution in [0, 0.1) is 5.92 Å². The first-order valence-electron chi connectivity index (χ1n) is 4.94. The second-order valence-corrected chi connectivity index (χ2v) is 3.98. The second-order valence-electron chi connectivity index (χ2n) is 3.98. The molecule has 80 valence electrons. The maximum atomic E-state index is 11.2. The molecule has 0 radical (unpaired) electrons. The molecular weight excluding hydrogens is 194 g/mol. The Balaban J connectivity index is 2.30.